The van der Waals surface area contributed by atoms with Gasteiger partial charge in [-0.25, -0.2) is 9.36 Å². The van der Waals surface area contributed by atoms with Crippen LogP contribution in [0.1, 0.15) is 59.2 Å². The van der Waals surface area contributed by atoms with Gasteiger partial charge < -0.3 is 39.2 Å². The summed E-state index contributed by atoms with van der Waals surface area (Å²) < 4.78 is 12.8. The summed E-state index contributed by atoms with van der Waals surface area (Å²) in [4.78, 5) is 23.2. The van der Waals surface area contributed by atoms with Gasteiger partial charge >= 0.3 is 5.97 Å². The van der Waals surface area contributed by atoms with Crippen molar-refractivity contribution < 1.29 is 47.6 Å². The van der Waals surface area contributed by atoms with Gasteiger partial charge in [-0.1, -0.05) is 37.8 Å². The summed E-state index contributed by atoms with van der Waals surface area (Å²) in [7, 11) is 1.87. The summed E-state index contributed by atoms with van der Waals surface area (Å²) in [5.74, 6) is -0.203. The molecule has 1 aromatic carbocycles. The van der Waals surface area contributed by atoms with Crippen molar-refractivity contribution in [2.75, 3.05) is 13.2 Å². The van der Waals surface area contributed by atoms with Crippen molar-refractivity contribution in [1.29, 1.82) is 0 Å². The van der Waals surface area contributed by atoms with Crippen molar-refractivity contribution in [2.24, 2.45) is 12.8 Å². The van der Waals surface area contributed by atoms with Gasteiger partial charge in [0.1, 0.15) is 18.4 Å². The van der Waals surface area contributed by atoms with Crippen LogP contribution in [0.4, 0.5) is 0 Å². The number of carbonyl (C=O) groups is 2. The Morgan fingerprint density at radius 2 is 1.59 bits per heavy atom. The number of para-hydroxylation sites is 1. The fourth-order valence-corrected chi connectivity index (χ4v) is 2.85. The smallest absolute Gasteiger partial charge is 0.344 e. The number of esters is 1. The maximum Gasteiger partial charge on any atom is 0.344 e. The van der Waals surface area contributed by atoms with E-state index in [0.29, 0.717) is 30.1 Å². The van der Waals surface area contributed by atoms with Gasteiger partial charge in [0, 0.05) is 6.07 Å². The molecule has 29 heavy (non-hydrogen) atoms. The lowest BCUT2D eigenvalue weighted by Crippen LogP contribution is -3.00. The second-order valence-electron chi connectivity index (χ2n) is 6.72. The number of benzene rings is 1. The highest BCUT2D eigenvalue weighted by Crippen LogP contribution is 2.17. The Morgan fingerprint density at radius 1 is 0.931 bits per heavy atom. The van der Waals surface area contributed by atoms with E-state index in [0.717, 1.165) is 38.5 Å². The molecule has 0 aliphatic rings. The number of primary amides is 1. The van der Waals surface area contributed by atoms with Crippen LogP contribution >= 0.6 is 0 Å². The van der Waals surface area contributed by atoms with E-state index >= 15 is 0 Å². The van der Waals surface area contributed by atoms with Crippen LogP contribution in [0.3, 0.4) is 0 Å². The minimum atomic E-state index is -0.475. The molecule has 0 radical (unpaired) electrons. The van der Waals surface area contributed by atoms with E-state index in [4.69, 9.17) is 15.2 Å². The maximum absolute atomic E-state index is 11.9. The number of hydrogen-bond donors (Lipinski definition) is 1. The third-order valence-corrected chi connectivity index (χ3v) is 4.36. The largest absolute Gasteiger partial charge is 1.00 e. The van der Waals surface area contributed by atoms with Gasteiger partial charge in [-0.3, -0.25) is 4.79 Å². The Labute approximate surface area is 189 Å². The molecule has 1 heterocycles. The van der Waals surface area contributed by atoms with Crippen LogP contribution in [0.15, 0.2) is 48.8 Å². The van der Waals surface area contributed by atoms with E-state index in [1.54, 1.807) is 30.5 Å². The Morgan fingerprint density at radius 3 is 2.28 bits per heavy atom. The predicted octanol–water partition coefficient (Wildman–Crippen LogP) is 0.190. The number of nitrogens with zero attached hydrogens (tertiary/aromatic N) is 1. The summed E-state index contributed by atoms with van der Waals surface area (Å²) in [5.41, 5.74) is 6.32. The van der Waals surface area contributed by atoms with Crippen LogP contribution in [-0.4, -0.2) is 25.1 Å². The number of ether oxygens (including phenoxy) is 2. The van der Waals surface area contributed by atoms with Gasteiger partial charge in [-0.05, 0) is 31.0 Å². The number of amides is 1. The van der Waals surface area contributed by atoms with Crippen molar-refractivity contribution in [2.45, 2.75) is 38.5 Å². The van der Waals surface area contributed by atoms with Crippen molar-refractivity contribution >= 4 is 11.9 Å². The van der Waals surface area contributed by atoms with Crippen molar-refractivity contribution in [3.8, 4) is 5.75 Å². The van der Waals surface area contributed by atoms with Gasteiger partial charge in [0.25, 0.3) is 5.91 Å². The number of halogens is 1. The predicted molar refractivity (Wildman–Crippen MR) is 106 cm³/mol. The van der Waals surface area contributed by atoms with Gasteiger partial charge in [-0.15, -0.1) is 0 Å². The molecular weight excluding hydrogens is 483 g/mol. The lowest BCUT2D eigenvalue weighted by atomic mass is 10.1. The molecule has 0 spiro atoms. The molecule has 7 heteroatoms. The standard InChI is InChI=1S/C22H28N2O4.HI/c1-24-14-10-11-18(17-24)22(26)28-16-9-5-3-2-4-8-15-27-20-13-7-6-12-19(20)21(23)25;/h6-7,10-14,17H,2-5,8-9,15-16H2,1H3,(H-,23,25);1H. The highest BCUT2D eigenvalue weighted by Gasteiger charge is 2.10. The number of pyridine rings is 1. The molecule has 0 atom stereocenters. The lowest BCUT2D eigenvalue weighted by Gasteiger charge is -2.09. The summed E-state index contributed by atoms with van der Waals surface area (Å²) in [6, 6.07) is 10.6. The zero-order chi connectivity index (χ0) is 20.2. The zero-order valence-corrected chi connectivity index (χ0v) is 19.0. The van der Waals surface area contributed by atoms with E-state index in [1.807, 2.05) is 29.9 Å². The first kappa shape index (κ1) is 24.9. The minimum absolute atomic E-state index is 0. The Balaban J connectivity index is 0.00000420. The molecule has 0 unspecified atom stereocenters. The normalized spacial score (nSPS) is 10.1. The SMILES string of the molecule is C[n+]1cccc(C(=O)OCCCCCCCCOc2ccccc2C(N)=O)c1.[I-]. The summed E-state index contributed by atoms with van der Waals surface area (Å²) in [5, 5.41) is 0. The number of carbonyl (C=O) groups excluding carboxylic acids is 2. The fraction of sp³-hybridized carbons (Fsp3) is 0.409. The van der Waals surface area contributed by atoms with Crippen LogP contribution in [0.5, 0.6) is 5.75 Å². The number of aryl methyl sites for hydroxylation is 1. The summed E-state index contributed by atoms with van der Waals surface area (Å²) >= 11 is 0. The first-order valence-corrected chi connectivity index (χ1v) is 9.72. The summed E-state index contributed by atoms with van der Waals surface area (Å²) in [6.45, 7) is 1.01. The highest BCUT2D eigenvalue weighted by atomic mass is 127. The quantitative estimate of drug-likeness (QED) is 0.191. The molecule has 2 N–H and O–H groups in total. The lowest BCUT2D eigenvalue weighted by molar-refractivity contribution is -0.671. The average molecular weight is 512 g/mol. The molecule has 1 aromatic heterocycles. The molecule has 2 aromatic rings. The molecule has 0 saturated carbocycles. The summed E-state index contributed by atoms with van der Waals surface area (Å²) in [6.07, 6.45) is 9.70. The first-order chi connectivity index (χ1) is 13.6. The average Bonchev–Trinajstić information content (AvgIpc) is 2.69. The topological polar surface area (TPSA) is 82.5 Å². The van der Waals surface area contributed by atoms with Crippen LogP contribution in [0, 0.1) is 0 Å². The molecule has 0 aliphatic carbocycles. The molecule has 0 saturated heterocycles. The van der Waals surface area contributed by atoms with Gasteiger partial charge in [0.05, 0.1) is 18.8 Å². The number of aromatic nitrogens is 1. The third-order valence-electron chi connectivity index (χ3n) is 4.36. The molecule has 6 nitrogen and oxygen atoms in total. The monoisotopic (exact) mass is 512 g/mol. The Hall–Kier alpha value is -2.16. The first-order valence-electron chi connectivity index (χ1n) is 9.72. The molecule has 0 bridgehead atoms. The second-order valence-corrected chi connectivity index (χ2v) is 6.72. The van der Waals surface area contributed by atoms with E-state index in [9.17, 15) is 9.59 Å². The molecule has 0 fully saturated rings. The van der Waals surface area contributed by atoms with Crippen molar-refractivity contribution in [1.82, 2.24) is 0 Å². The van der Waals surface area contributed by atoms with E-state index in [2.05, 4.69) is 0 Å². The Bertz CT molecular complexity index is 783. The fourth-order valence-electron chi connectivity index (χ4n) is 2.85. The Kier molecular flexibility index (Phi) is 11.9. The van der Waals surface area contributed by atoms with Crippen LogP contribution in [0.25, 0.3) is 0 Å². The molecule has 1 amide bonds. The van der Waals surface area contributed by atoms with E-state index in [-0.39, 0.29) is 29.9 Å². The highest BCUT2D eigenvalue weighted by molar-refractivity contribution is 5.95. The van der Waals surface area contributed by atoms with Crippen molar-refractivity contribution in [3.63, 3.8) is 0 Å². The van der Waals surface area contributed by atoms with Gasteiger partial charge in [-0.2, -0.15) is 0 Å². The number of nitrogens with two attached hydrogens (primary N) is 1. The molecule has 2 rings (SSSR count). The van der Waals surface area contributed by atoms with Crippen LogP contribution in [0.2, 0.25) is 0 Å². The minimum Gasteiger partial charge on any atom is -1.00 e. The van der Waals surface area contributed by atoms with Crippen molar-refractivity contribution in [3.05, 3.63) is 59.9 Å². The molecular formula is C22H29IN2O4. The molecule has 0 aliphatic heterocycles. The van der Waals surface area contributed by atoms with Gasteiger partial charge in [0.15, 0.2) is 12.4 Å². The van der Waals surface area contributed by atoms with E-state index in [1.165, 1.54) is 0 Å². The van der Waals surface area contributed by atoms with E-state index < -0.39 is 5.91 Å². The number of unbranched alkanes of at least 4 members (excludes halogenated alkanes) is 5. The van der Waals surface area contributed by atoms with Gasteiger partial charge in [0.2, 0.25) is 0 Å². The zero-order valence-electron chi connectivity index (χ0n) is 16.8. The second kappa shape index (κ2) is 13.9. The maximum atomic E-state index is 11.9. The van der Waals surface area contributed by atoms with Crippen LogP contribution < -0.4 is 39.0 Å². The third kappa shape index (κ3) is 9.25. The number of rotatable bonds is 12. The number of hydrogen-bond acceptors (Lipinski definition) is 4. The van der Waals surface area contributed by atoms with Crippen LogP contribution in [-0.2, 0) is 11.8 Å². The molecule has 158 valence electrons.